The van der Waals surface area contributed by atoms with Crippen LogP contribution in [0.4, 0.5) is 10.1 Å². The first-order valence-corrected chi connectivity index (χ1v) is 4.92. The summed E-state index contributed by atoms with van der Waals surface area (Å²) in [6.45, 7) is 0.525. The number of rotatable bonds is 1. The highest BCUT2D eigenvalue weighted by atomic mass is 19.1. The van der Waals surface area contributed by atoms with Gasteiger partial charge < -0.3 is 4.90 Å². The van der Waals surface area contributed by atoms with E-state index in [-0.39, 0.29) is 5.82 Å². The van der Waals surface area contributed by atoms with Crippen LogP contribution in [0.5, 0.6) is 0 Å². The molecule has 0 spiro atoms. The predicted octanol–water partition coefficient (Wildman–Crippen LogP) is 1.87. The molecule has 1 aromatic carbocycles. The number of nitrogens with zero attached hydrogens (tertiary/aromatic N) is 4. The zero-order chi connectivity index (χ0) is 11.0. The molecule has 0 saturated heterocycles. The molecule has 0 bridgehead atoms. The number of para-hydroxylation sites is 1. The lowest BCUT2D eigenvalue weighted by Crippen LogP contribution is -2.22. The summed E-state index contributed by atoms with van der Waals surface area (Å²) in [5, 5.41) is 7.76. The average Bonchev–Trinajstić information content (AvgIpc) is 2.76. The van der Waals surface area contributed by atoms with Crippen molar-refractivity contribution >= 4 is 11.9 Å². The van der Waals surface area contributed by atoms with Gasteiger partial charge in [0.2, 0.25) is 0 Å². The Morgan fingerprint density at radius 1 is 1.19 bits per heavy atom. The van der Waals surface area contributed by atoms with Gasteiger partial charge in [0, 0.05) is 12.4 Å². The van der Waals surface area contributed by atoms with Gasteiger partial charge in [-0.2, -0.15) is 0 Å². The molecule has 0 amide bonds. The van der Waals surface area contributed by atoms with Gasteiger partial charge >= 0.3 is 0 Å². The van der Waals surface area contributed by atoms with E-state index in [1.54, 1.807) is 23.4 Å². The second-order valence-corrected chi connectivity index (χ2v) is 3.53. The first-order chi connectivity index (χ1) is 7.84. The van der Waals surface area contributed by atoms with Crippen molar-refractivity contribution in [2.24, 2.45) is 0 Å². The summed E-state index contributed by atoms with van der Waals surface area (Å²) in [6.07, 6.45) is 5.25. The van der Waals surface area contributed by atoms with Gasteiger partial charge in [-0.1, -0.05) is 12.1 Å². The van der Waals surface area contributed by atoms with E-state index < -0.39 is 0 Å². The zero-order valence-electron chi connectivity index (χ0n) is 8.42. The highest BCUT2D eigenvalue weighted by Gasteiger charge is 2.15. The summed E-state index contributed by atoms with van der Waals surface area (Å²) in [5.74, 6) is 0.561. The second-order valence-electron chi connectivity index (χ2n) is 3.53. The molecule has 1 aromatic heterocycles. The van der Waals surface area contributed by atoms with Crippen molar-refractivity contribution in [2.45, 2.75) is 6.54 Å². The zero-order valence-corrected chi connectivity index (χ0v) is 8.42. The summed E-state index contributed by atoms with van der Waals surface area (Å²) in [6, 6.07) is 6.68. The first kappa shape index (κ1) is 9.08. The van der Waals surface area contributed by atoms with Crippen LogP contribution in [0.2, 0.25) is 0 Å². The molecule has 80 valence electrons. The third-order valence-corrected chi connectivity index (χ3v) is 2.53. The van der Waals surface area contributed by atoms with Crippen LogP contribution in [-0.4, -0.2) is 14.8 Å². The molecule has 1 aliphatic rings. The fourth-order valence-electron chi connectivity index (χ4n) is 1.71. The van der Waals surface area contributed by atoms with E-state index in [1.165, 1.54) is 6.07 Å². The summed E-state index contributed by atoms with van der Waals surface area (Å²) < 4.78 is 15.4. The molecule has 0 unspecified atom stereocenters. The lowest BCUT2D eigenvalue weighted by atomic mass is 10.2. The molecule has 1 aliphatic heterocycles. The fourth-order valence-corrected chi connectivity index (χ4v) is 1.71. The van der Waals surface area contributed by atoms with Gasteiger partial charge in [0.15, 0.2) is 5.82 Å². The third kappa shape index (κ3) is 1.37. The Morgan fingerprint density at radius 3 is 2.94 bits per heavy atom. The number of aromatic nitrogens is 3. The van der Waals surface area contributed by atoms with E-state index in [4.69, 9.17) is 0 Å². The minimum absolute atomic E-state index is 0.236. The van der Waals surface area contributed by atoms with Gasteiger partial charge in [0.25, 0.3) is 0 Å². The van der Waals surface area contributed by atoms with E-state index in [9.17, 15) is 4.39 Å². The third-order valence-electron chi connectivity index (χ3n) is 2.53. The van der Waals surface area contributed by atoms with E-state index >= 15 is 0 Å². The van der Waals surface area contributed by atoms with Gasteiger partial charge in [-0.3, -0.25) is 4.57 Å². The monoisotopic (exact) mass is 216 g/mol. The molecular formula is C11H9FN4. The number of anilines is 1. The highest BCUT2D eigenvalue weighted by Crippen LogP contribution is 2.23. The minimum atomic E-state index is -0.236. The Labute approximate surface area is 91.6 Å². The number of hydrogen-bond donors (Lipinski definition) is 0. The van der Waals surface area contributed by atoms with Crippen molar-refractivity contribution in [2.75, 3.05) is 4.90 Å². The van der Waals surface area contributed by atoms with Gasteiger partial charge in [-0.15, -0.1) is 10.2 Å². The molecule has 0 fully saturated rings. The molecule has 0 aliphatic carbocycles. The number of hydrogen-bond acceptors (Lipinski definition) is 3. The maximum atomic E-state index is 13.6. The predicted molar refractivity (Wildman–Crippen MR) is 57.9 cm³/mol. The molecule has 2 heterocycles. The topological polar surface area (TPSA) is 34.0 Å². The van der Waals surface area contributed by atoms with Gasteiger partial charge in [0.05, 0.1) is 12.2 Å². The normalized spacial score (nSPS) is 13.9. The second kappa shape index (κ2) is 3.44. The van der Waals surface area contributed by atoms with Crippen LogP contribution in [-0.2, 0) is 6.54 Å². The molecule has 0 saturated carbocycles. The van der Waals surface area contributed by atoms with E-state index in [0.717, 1.165) is 5.82 Å². The molecule has 4 nitrogen and oxygen atoms in total. The molecule has 3 rings (SSSR count). The van der Waals surface area contributed by atoms with Crippen LogP contribution in [0.3, 0.4) is 0 Å². The molecule has 2 aromatic rings. The van der Waals surface area contributed by atoms with E-state index in [0.29, 0.717) is 12.2 Å². The van der Waals surface area contributed by atoms with Gasteiger partial charge in [-0.25, -0.2) is 4.39 Å². The van der Waals surface area contributed by atoms with Crippen LogP contribution in [0.1, 0.15) is 5.82 Å². The maximum Gasteiger partial charge on any atom is 0.156 e. The Morgan fingerprint density at radius 2 is 2.06 bits per heavy atom. The SMILES string of the molecule is Fc1ccccc1N1C=Cn2cnnc2C1. The Hall–Kier alpha value is -2.17. The van der Waals surface area contributed by atoms with Gasteiger partial charge in [0.1, 0.15) is 12.1 Å². The van der Waals surface area contributed by atoms with E-state index in [1.807, 2.05) is 23.0 Å². The number of benzene rings is 1. The molecule has 0 atom stereocenters. The fraction of sp³-hybridized carbons (Fsp3) is 0.0909. The molecule has 5 heteroatoms. The average molecular weight is 216 g/mol. The lowest BCUT2D eigenvalue weighted by Gasteiger charge is -2.23. The standard InChI is InChI=1S/C11H9FN4/c12-9-3-1-2-4-10(9)15-5-6-16-8-13-14-11(16)7-15/h1-6,8H,7H2. The van der Waals surface area contributed by atoms with Crippen molar-refractivity contribution in [1.29, 1.82) is 0 Å². The minimum Gasteiger partial charge on any atom is -0.336 e. The smallest absolute Gasteiger partial charge is 0.156 e. The van der Waals surface area contributed by atoms with Crippen molar-refractivity contribution in [3.63, 3.8) is 0 Å². The quantitative estimate of drug-likeness (QED) is 0.729. The van der Waals surface area contributed by atoms with Crippen molar-refractivity contribution in [3.8, 4) is 0 Å². The lowest BCUT2D eigenvalue weighted by molar-refractivity contribution is 0.622. The summed E-state index contributed by atoms with van der Waals surface area (Å²) >= 11 is 0. The van der Waals surface area contributed by atoms with Crippen molar-refractivity contribution in [3.05, 3.63) is 48.4 Å². The van der Waals surface area contributed by atoms with E-state index in [2.05, 4.69) is 10.2 Å². The van der Waals surface area contributed by atoms with Gasteiger partial charge in [-0.05, 0) is 12.1 Å². The van der Waals surface area contributed by atoms with Crippen LogP contribution < -0.4 is 4.90 Å². The molecular weight excluding hydrogens is 207 g/mol. The Kier molecular flexibility index (Phi) is 1.96. The van der Waals surface area contributed by atoms with Crippen LogP contribution in [0, 0.1) is 5.82 Å². The highest BCUT2D eigenvalue weighted by molar-refractivity contribution is 5.54. The number of halogens is 1. The van der Waals surface area contributed by atoms with Crippen LogP contribution in [0.15, 0.2) is 36.8 Å². The Bertz CT molecular complexity index is 546. The van der Waals surface area contributed by atoms with Crippen molar-refractivity contribution in [1.82, 2.24) is 14.8 Å². The molecule has 0 radical (unpaired) electrons. The summed E-state index contributed by atoms with van der Waals surface area (Å²) in [4.78, 5) is 1.80. The number of fused-ring (bicyclic) bond motifs is 1. The summed E-state index contributed by atoms with van der Waals surface area (Å²) in [5.41, 5.74) is 0.549. The molecule has 16 heavy (non-hydrogen) atoms. The van der Waals surface area contributed by atoms with Crippen LogP contribution in [0.25, 0.3) is 6.20 Å². The Balaban J connectivity index is 1.97. The molecule has 0 N–H and O–H groups in total. The largest absolute Gasteiger partial charge is 0.336 e. The van der Waals surface area contributed by atoms with Crippen LogP contribution >= 0.6 is 0 Å². The summed E-state index contributed by atoms with van der Waals surface area (Å²) in [7, 11) is 0. The first-order valence-electron chi connectivity index (χ1n) is 4.92. The maximum absolute atomic E-state index is 13.6. The van der Waals surface area contributed by atoms with Crippen molar-refractivity contribution < 1.29 is 4.39 Å².